The van der Waals surface area contributed by atoms with Crippen molar-refractivity contribution in [3.8, 4) is 5.75 Å². The first kappa shape index (κ1) is 24.9. The summed E-state index contributed by atoms with van der Waals surface area (Å²) in [4.78, 5) is 25.0. The number of hydrogen-bond acceptors (Lipinski definition) is 9. The maximum atomic E-state index is 15.7. The number of ether oxygens (including phenoxy) is 2. The highest BCUT2D eigenvalue weighted by Crippen LogP contribution is 2.46. The first-order valence-electron chi connectivity index (χ1n) is 12.1. The second kappa shape index (κ2) is 11.1. The van der Waals surface area contributed by atoms with Crippen molar-refractivity contribution < 1.29 is 44.9 Å². The van der Waals surface area contributed by atoms with E-state index in [0.29, 0.717) is 0 Å². The molecule has 1 aromatic rings. The van der Waals surface area contributed by atoms with Gasteiger partial charge in [-0.2, -0.15) is 5.09 Å². The van der Waals surface area contributed by atoms with Gasteiger partial charge in [-0.25, -0.2) is 8.96 Å². The number of aliphatic hydroxyl groups excluding tert-OH is 1. The molecule has 13 heteroatoms. The van der Waals surface area contributed by atoms with Gasteiger partial charge < -0.3 is 29.3 Å². The molecule has 11 nitrogen and oxygen atoms in total. The van der Waals surface area contributed by atoms with Gasteiger partial charge in [-0.05, 0) is 39.8 Å². The van der Waals surface area contributed by atoms with E-state index in [1.807, 2.05) is 0 Å². The number of carbonyl (C=O) groups excluding carboxylic acids is 2. The highest BCUT2D eigenvalue weighted by atomic mass is 31.2. The van der Waals surface area contributed by atoms with Gasteiger partial charge in [-0.3, -0.25) is 14.1 Å². The second-order valence-electron chi connectivity index (χ2n) is 8.61. The molecule has 0 aliphatic carbocycles. The molecule has 0 spiro atoms. The van der Waals surface area contributed by atoms with Crippen LogP contribution in [0.3, 0.4) is 0 Å². The quantitative estimate of drug-likeness (QED) is 0.306. The van der Waals surface area contributed by atoms with Gasteiger partial charge >= 0.3 is 13.7 Å². The average molecular weight is 529 g/mol. The number of alkyl halides is 1. The van der Waals surface area contributed by atoms with Crippen LogP contribution in [0.4, 0.5) is 4.39 Å². The van der Waals surface area contributed by atoms with Crippen LogP contribution in [0.25, 0.3) is 0 Å². The molecule has 2 aliphatic rings. The Balaban J connectivity index is 1.89. The predicted molar refractivity (Wildman–Crippen MR) is 127 cm³/mol. The van der Waals surface area contributed by atoms with E-state index in [-0.39, 0.29) is 11.6 Å². The fourth-order valence-corrected chi connectivity index (χ4v) is 4.73. The molecule has 36 heavy (non-hydrogen) atoms. The van der Waals surface area contributed by atoms with E-state index in [4.69, 9.17) is 21.3 Å². The molecule has 2 heterocycles. The van der Waals surface area contributed by atoms with E-state index in [1.165, 1.54) is 25.3 Å². The summed E-state index contributed by atoms with van der Waals surface area (Å²) in [6.45, 7) is 5.98. The van der Waals surface area contributed by atoms with Crippen LogP contribution in [0.2, 0.25) is 0 Å². The SMILES string of the molecule is [2H]C([2H])(O[P@@](=O)(N[C@@H](C)C(=O)OC(C)C)Oc1ccccc1)[C@H]1O[C@@H](N2C=CC(=O)NC2=C)[C@](C)(F)[C@@H]1O. The molecule has 6 atom stereocenters. The topological polar surface area (TPSA) is 136 Å². The van der Waals surface area contributed by atoms with Crippen LogP contribution in [-0.2, 0) is 28.2 Å². The number of benzene rings is 1. The second-order valence-corrected chi connectivity index (χ2v) is 10.2. The van der Waals surface area contributed by atoms with E-state index in [0.717, 1.165) is 17.9 Å². The number of para-hydroxylation sites is 1. The molecule has 1 aromatic carbocycles. The van der Waals surface area contributed by atoms with Gasteiger partial charge in [0, 0.05) is 12.3 Å². The molecular weight excluding hydrogens is 496 g/mol. The molecule has 0 bridgehead atoms. The molecule has 0 unspecified atom stereocenters. The maximum absolute atomic E-state index is 15.7. The van der Waals surface area contributed by atoms with Gasteiger partial charge in [0.15, 0.2) is 11.9 Å². The molecule has 3 rings (SSSR count). The van der Waals surface area contributed by atoms with Gasteiger partial charge in [-0.1, -0.05) is 24.8 Å². The van der Waals surface area contributed by atoms with Crippen LogP contribution in [0.5, 0.6) is 5.75 Å². The predicted octanol–water partition coefficient (Wildman–Crippen LogP) is 2.35. The zero-order chi connectivity index (χ0) is 28.5. The molecule has 1 fully saturated rings. The van der Waals surface area contributed by atoms with E-state index in [1.54, 1.807) is 32.0 Å². The molecule has 3 N–H and O–H groups in total. The summed E-state index contributed by atoms with van der Waals surface area (Å²) < 4.78 is 67.7. The minimum atomic E-state index is -4.75. The minimum absolute atomic E-state index is 0.00940. The summed E-state index contributed by atoms with van der Waals surface area (Å²) in [6.07, 6.45) is -4.06. The smallest absolute Gasteiger partial charge is 0.459 e. The van der Waals surface area contributed by atoms with E-state index in [2.05, 4.69) is 17.0 Å². The first-order chi connectivity index (χ1) is 17.6. The normalized spacial score (nSPS) is 29.8. The first-order valence-corrected chi connectivity index (χ1v) is 12.6. The number of nitrogens with zero attached hydrogens (tertiary/aromatic N) is 1. The van der Waals surface area contributed by atoms with Gasteiger partial charge in [0.1, 0.15) is 29.8 Å². The van der Waals surface area contributed by atoms with Crippen LogP contribution in [0, 0.1) is 0 Å². The van der Waals surface area contributed by atoms with Crippen LogP contribution in [0.15, 0.2) is 55.0 Å². The van der Waals surface area contributed by atoms with Crippen molar-refractivity contribution in [2.45, 2.75) is 63.9 Å². The van der Waals surface area contributed by atoms with Gasteiger partial charge in [-0.15, -0.1) is 0 Å². The summed E-state index contributed by atoms with van der Waals surface area (Å²) in [5.41, 5.74) is -2.61. The molecule has 0 radical (unpaired) electrons. The molecule has 198 valence electrons. The van der Waals surface area contributed by atoms with Gasteiger partial charge in [0.2, 0.25) is 0 Å². The molecule has 1 amide bonds. The number of carbonyl (C=O) groups is 2. The lowest BCUT2D eigenvalue weighted by Gasteiger charge is -2.35. The molecule has 2 aliphatic heterocycles. The third-order valence-electron chi connectivity index (χ3n) is 5.16. The Hall–Kier alpha value is -2.76. The summed E-state index contributed by atoms with van der Waals surface area (Å²) in [5.74, 6) is -1.39. The number of esters is 1. The molecular formula is C23H31FN3O8P. The summed E-state index contributed by atoms with van der Waals surface area (Å²) in [6, 6.07) is 6.34. The lowest BCUT2D eigenvalue weighted by atomic mass is 9.98. The maximum Gasteiger partial charge on any atom is 0.459 e. The zero-order valence-electron chi connectivity index (χ0n) is 22.2. The van der Waals surface area contributed by atoms with Crippen LogP contribution in [-0.4, -0.2) is 64.7 Å². The number of hydrogen-bond donors (Lipinski definition) is 3. The van der Waals surface area contributed by atoms with E-state index in [9.17, 15) is 19.3 Å². The number of amides is 1. The fourth-order valence-electron chi connectivity index (χ4n) is 3.36. The Kier molecular flexibility index (Phi) is 7.68. The van der Waals surface area contributed by atoms with Crippen LogP contribution >= 0.6 is 7.75 Å². The van der Waals surface area contributed by atoms with Crippen molar-refractivity contribution in [3.63, 3.8) is 0 Å². The van der Waals surface area contributed by atoms with Crippen molar-refractivity contribution in [1.82, 2.24) is 15.3 Å². The van der Waals surface area contributed by atoms with Crippen molar-refractivity contribution in [3.05, 3.63) is 55.0 Å². The highest BCUT2D eigenvalue weighted by molar-refractivity contribution is 7.52. The van der Waals surface area contributed by atoms with Crippen molar-refractivity contribution in [2.24, 2.45) is 0 Å². The minimum Gasteiger partial charge on any atom is -0.462 e. The number of aliphatic hydroxyl groups is 1. The van der Waals surface area contributed by atoms with Crippen molar-refractivity contribution in [2.75, 3.05) is 6.56 Å². The lowest BCUT2D eigenvalue weighted by Crippen LogP contribution is -2.51. The van der Waals surface area contributed by atoms with Crippen LogP contribution in [0.1, 0.15) is 30.4 Å². The van der Waals surface area contributed by atoms with Crippen molar-refractivity contribution >= 4 is 19.6 Å². The summed E-state index contributed by atoms with van der Waals surface area (Å²) in [5, 5.41) is 15.4. The molecule has 1 saturated heterocycles. The third kappa shape index (κ3) is 6.51. The summed E-state index contributed by atoms with van der Waals surface area (Å²) >= 11 is 0. The van der Waals surface area contributed by atoms with Crippen molar-refractivity contribution in [1.29, 1.82) is 0 Å². The Bertz CT molecular complexity index is 1140. The van der Waals surface area contributed by atoms with E-state index < -0.39 is 62.4 Å². The average Bonchev–Trinajstić information content (AvgIpc) is 3.03. The fraction of sp³-hybridized carbons (Fsp3) is 0.478. The zero-order valence-corrected chi connectivity index (χ0v) is 21.1. The number of nitrogens with one attached hydrogen (secondary N) is 2. The third-order valence-corrected chi connectivity index (χ3v) is 6.66. The monoisotopic (exact) mass is 529 g/mol. The molecule has 0 saturated carbocycles. The Morgan fingerprint density at radius 2 is 2.08 bits per heavy atom. The van der Waals surface area contributed by atoms with Crippen LogP contribution < -0.4 is 14.9 Å². The Morgan fingerprint density at radius 1 is 1.42 bits per heavy atom. The van der Waals surface area contributed by atoms with Gasteiger partial charge in [0.25, 0.3) is 5.91 Å². The standard InChI is InChI=1S/C23H31FN3O8P/c1-14(2)33-21(30)15(3)26-36(31,35-17-9-7-6-8-10-17)32-13-18-20(29)23(5,24)22(34-18)27-12-11-19(28)25-16(27)4/h6-12,14-15,18,20,22,29H,4,13H2,1-3,5H3,(H,25,28)(H,26,31)/t15-,18+,20+,22+,23+,36-/m0/s1/i13D2. The lowest BCUT2D eigenvalue weighted by molar-refractivity contribution is -0.149. The largest absolute Gasteiger partial charge is 0.462 e. The van der Waals surface area contributed by atoms with E-state index >= 15 is 4.39 Å². The van der Waals surface area contributed by atoms with Gasteiger partial charge in [0.05, 0.1) is 15.4 Å². The Labute approximate surface area is 211 Å². The Morgan fingerprint density at radius 3 is 2.69 bits per heavy atom. The number of rotatable bonds is 10. The highest BCUT2D eigenvalue weighted by Gasteiger charge is 2.57. The number of halogens is 1. The summed E-state index contributed by atoms with van der Waals surface area (Å²) in [7, 11) is -4.75. The molecule has 0 aromatic heterocycles.